The van der Waals surface area contributed by atoms with Crippen molar-refractivity contribution >= 4 is 123 Å². The number of aromatic carboxylic acids is 2. The van der Waals surface area contributed by atoms with Crippen LogP contribution in [0.5, 0.6) is 17.2 Å². The van der Waals surface area contributed by atoms with Crippen molar-refractivity contribution in [1.82, 2.24) is 79.1 Å². The van der Waals surface area contributed by atoms with Crippen LogP contribution in [0.2, 0.25) is 0 Å². The molecule has 3 aliphatic rings. The number of phenols is 3. The third kappa shape index (κ3) is 29.7. The number of benzene rings is 8. The Morgan fingerprint density at radius 2 is 1.06 bits per heavy atom. The molecule has 139 heavy (non-hydrogen) atoms. The number of H-pyrrole nitrogens is 1. The number of phenolic OH excluding ortho intramolecular Hbond substituents is 3. The Balaban J connectivity index is 0.898. The predicted molar refractivity (Wildman–Crippen MR) is 511 cm³/mol. The summed E-state index contributed by atoms with van der Waals surface area (Å²) in [5, 5.41) is 89.6. The highest BCUT2D eigenvalue weighted by Crippen LogP contribution is 2.43. The van der Waals surface area contributed by atoms with Gasteiger partial charge in [0, 0.05) is 90.4 Å². The molecule has 728 valence electrons. The molecule has 26 N–H and O–H groups in total. The average Bonchev–Trinajstić information content (AvgIpc) is 1.22. The number of imidazole rings is 1. The van der Waals surface area contributed by atoms with Crippen LogP contribution in [0.25, 0.3) is 33.4 Å². The molecule has 8 aromatic rings. The summed E-state index contributed by atoms with van der Waals surface area (Å²) in [5.74, 6) is -17.0. The highest BCUT2D eigenvalue weighted by atomic mass is 32.1. The summed E-state index contributed by atoms with van der Waals surface area (Å²) in [7, 11) is 0. The van der Waals surface area contributed by atoms with E-state index in [0.717, 1.165) is 18.2 Å². The van der Waals surface area contributed by atoms with Crippen LogP contribution in [0.3, 0.4) is 0 Å². The molecule has 0 spiro atoms. The average molecular weight is 1920 g/mol. The maximum Gasteiger partial charge on any atom is 0.336 e. The van der Waals surface area contributed by atoms with E-state index in [9.17, 15) is 83.1 Å². The van der Waals surface area contributed by atoms with Gasteiger partial charge in [0.15, 0.2) is 10.5 Å². The first kappa shape index (κ1) is 103. The van der Waals surface area contributed by atoms with Crippen LogP contribution < -0.4 is 97.1 Å². The van der Waals surface area contributed by atoms with Gasteiger partial charge in [0.2, 0.25) is 65.0 Å². The zero-order valence-corrected chi connectivity index (χ0v) is 76.1. The Hall–Kier alpha value is -16.5. The van der Waals surface area contributed by atoms with Crippen molar-refractivity contribution in [2.75, 3.05) is 38.0 Å². The number of rotatable bonds is 29. The van der Waals surface area contributed by atoms with Gasteiger partial charge in [-0.05, 0) is 197 Å². The molecule has 0 saturated carbocycles. The zero-order valence-electron chi connectivity index (χ0n) is 75.2. The lowest BCUT2D eigenvalue weighted by Gasteiger charge is -2.27. The monoisotopic (exact) mass is 1920 g/mol. The van der Waals surface area contributed by atoms with E-state index in [1.165, 1.54) is 135 Å². The highest BCUT2D eigenvalue weighted by Gasteiger charge is 2.38. The number of aromatic nitrogens is 2. The van der Waals surface area contributed by atoms with Gasteiger partial charge in [0.25, 0.3) is 11.8 Å². The fourth-order valence-corrected chi connectivity index (χ4v) is 15.6. The van der Waals surface area contributed by atoms with Crippen molar-refractivity contribution in [1.29, 1.82) is 0 Å². The Bertz CT molecular complexity index is 6170. The molecule has 2 bridgehead atoms. The molecule has 10 atom stereocenters. The molecule has 42 heteroatoms. The summed E-state index contributed by atoms with van der Waals surface area (Å²) in [5.41, 5.74) is 18.3. The number of fused-ring (bicyclic) bond motifs is 4. The first-order valence-corrected chi connectivity index (χ1v) is 45.0. The van der Waals surface area contributed by atoms with E-state index >= 15 is 19.2 Å². The fourth-order valence-electron chi connectivity index (χ4n) is 15.4. The number of hydrogen-bond acceptors (Lipinski definition) is 24. The van der Waals surface area contributed by atoms with E-state index < -0.39 is 185 Å². The van der Waals surface area contributed by atoms with Gasteiger partial charge < -0.3 is 127 Å². The summed E-state index contributed by atoms with van der Waals surface area (Å²) in [4.78, 5) is 237. The van der Waals surface area contributed by atoms with Crippen LogP contribution >= 0.6 is 12.2 Å². The van der Waals surface area contributed by atoms with Crippen molar-refractivity contribution in [2.24, 2.45) is 17.2 Å². The second-order valence-corrected chi connectivity index (χ2v) is 33.5. The number of hydrogen-bond donors (Lipinski definition) is 23. The molecule has 0 radical (unpaired) electrons. The highest BCUT2D eigenvalue weighted by molar-refractivity contribution is 7.80. The lowest BCUT2D eigenvalue weighted by molar-refractivity contribution is -0.135. The van der Waals surface area contributed by atoms with Crippen LogP contribution in [0.4, 0.5) is 5.69 Å². The normalized spacial score (nSPS) is 19.0. The largest absolute Gasteiger partial charge is 0.508 e. The number of primary amides is 1. The molecule has 2 aliphatic heterocycles. The number of anilines is 1. The number of carbonyl (C=O) groups excluding carboxylic acids is 13. The van der Waals surface area contributed by atoms with Gasteiger partial charge in [0.05, 0.1) is 29.7 Å². The second-order valence-electron chi connectivity index (χ2n) is 33.1. The summed E-state index contributed by atoms with van der Waals surface area (Å²) >= 11 is 5.60. The van der Waals surface area contributed by atoms with Gasteiger partial charge in [-0.1, -0.05) is 91.0 Å². The van der Waals surface area contributed by atoms with Crippen molar-refractivity contribution in [2.45, 2.75) is 151 Å². The third-order valence-electron chi connectivity index (χ3n) is 22.7. The van der Waals surface area contributed by atoms with E-state index in [4.69, 9.17) is 33.8 Å². The van der Waals surface area contributed by atoms with Gasteiger partial charge in [-0.2, -0.15) is 0 Å². The third-order valence-corrected chi connectivity index (χ3v) is 22.9. The number of nitrogens with zero attached hydrogens (tertiary/aromatic N) is 1. The smallest absolute Gasteiger partial charge is 0.336 e. The number of carbonyl (C=O) groups is 15. The Kier molecular flexibility index (Phi) is 36.8. The number of aromatic hydroxyl groups is 3. The number of nitrogens with two attached hydrogens (primary N) is 3. The summed E-state index contributed by atoms with van der Waals surface area (Å²) in [6, 6.07) is 26.0. The van der Waals surface area contributed by atoms with Crippen LogP contribution in [-0.4, -0.2) is 216 Å². The van der Waals surface area contributed by atoms with Gasteiger partial charge in [0.1, 0.15) is 89.0 Å². The van der Waals surface area contributed by atoms with Gasteiger partial charge in [-0.3, -0.25) is 67.1 Å². The SMILES string of the molecule is C[C@H]1NC(=O)[C@H](Cc2ccc(O)cc2)NC(=O)[C@H](c2ccccc2)NC(=O)c2cc(C(=O)O)cc(c2)C(=O)NC[C@@H](C(=O)N[C@@H](CCCCNC(=S)Nc2ccc(-c3c4ccc(=O)cc-4oc4cc(O)ccc34)c(C(=O)O)c2)C(N)=O)NC(=O)[C@H](Cc2c[nH]cn2)NC(=O)[C@@H](CCCCN)NC(=O)CNC(=O)[C@@H](Cc2ccccc2)NC(=O)[C@H](Cc2ccc(O)cc2)NC(=O)[C@H](CCCCN)NC1=O. The fraction of sp³-hybridized carbons (Fsp3) is 0.299. The minimum Gasteiger partial charge on any atom is -0.508 e. The van der Waals surface area contributed by atoms with E-state index in [1.54, 1.807) is 48.5 Å². The molecule has 7 aromatic carbocycles. The number of nitrogens with one attached hydrogen (secondary N) is 15. The standard InChI is InChI=1S/C97H107N19O22S/c1-52-84(123)110-72(20-9-12-36-99)89(128)112-75(40-55-23-28-63(118)29-24-55)91(130)111-73(38-53-14-4-2-5-15-53)87(126)104-50-80(121)108-71(19-8-11-35-98)88(127)113-76(45-61-48-101-51-105-61)92(131)115-77(49-103-85(124)57-41-58(43-59(42-57)95(134)135)86(125)116-82(56-16-6-3-7-17-56)94(133)114-74(90(129)106-52)39-54-21-26-62(117)27-22-54)93(132)109-70(83(100)122)18-10-13-37-102-97(139)107-60-25-32-66(69(44-60)96(136)137)81-67-33-30-64(119)46-78(67)138-79-47-65(120)31-34-68(79)81/h2-7,14-17,21-34,41-44,46-48,51-52,70-77,82,117-119H,8-13,18-20,35-40,45,49-50,98-99H2,1H3,(H2,100,122)(H,101,105)(H,103,124)(H,104,126)(H,106,129)(H,108,121)(H,109,132)(H,110,123)(H,111,130)(H,112,128)(H,113,127)(H,114,133)(H,115,131)(H,116,125)(H,134,135)(H,136,137)(H2,102,107,139)/t52-,70+,71-,72+,73-,74+,75+,76+,77+,82+/m1/s1. The van der Waals surface area contributed by atoms with Crippen molar-refractivity contribution < 1.29 is 102 Å². The molecule has 11 rings (SSSR count). The molecule has 1 aromatic heterocycles. The number of amides is 13. The molecule has 0 unspecified atom stereocenters. The molecular weight excluding hydrogens is 1820 g/mol. The minimum absolute atomic E-state index is 0.0236. The maximum absolute atomic E-state index is 15.2. The lowest BCUT2D eigenvalue weighted by Crippen LogP contribution is -2.61. The van der Waals surface area contributed by atoms with E-state index in [-0.39, 0.29) is 151 Å². The Labute approximate surface area is 800 Å². The first-order chi connectivity index (χ1) is 66.7. The molecule has 3 heterocycles. The number of thiocarbonyl (C=S) groups is 1. The molecule has 41 nitrogen and oxygen atoms in total. The Morgan fingerprint density at radius 3 is 1.65 bits per heavy atom. The van der Waals surface area contributed by atoms with E-state index in [0.29, 0.717) is 46.0 Å². The van der Waals surface area contributed by atoms with Crippen molar-refractivity contribution in [3.63, 3.8) is 0 Å². The molecule has 1 aliphatic carbocycles. The lowest BCUT2D eigenvalue weighted by atomic mass is 9.90. The van der Waals surface area contributed by atoms with Crippen LogP contribution in [0, 0.1) is 0 Å². The predicted octanol–water partition coefficient (Wildman–Crippen LogP) is 2.39. The number of unbranched alkanes of at least 4 members (excludes halogenated alkanes) is 3. The molecular formula is C97H107N19O22S. The summed E-state index contributed by atoms with van der Waals surface area (Å²) in [6.07, 6.45) is 2.27. The van der Waals surface area contributed by atoms with Crippen LogP contribution in [0.15, 0.2) is 204 Å². The molecule has 0 fully saturated rings. The topological polar surface area (TPSA) is 663 Å². The second kappa shape index (κ2) is 49.7. The summed E-state index contributed by atoms with van der Waals surface area (Å²) < 4.78 is 5.96. The first-order valence-electron chi connectivity index (χ1n) is 44.6. The van der Waals surface area contributed by atoms with E-state index in [2.05, 4.69) is 84.4 Å². The zero-order chi connectivity index (χ0) is 99.9. The minimum atomic E-state index is -1.99. The van der Waals surface area contributed by atoms with Crippen molar-refractivity contribution in [3.8, 4) is 39.7 Å². The molecule has 13 amide bonds. The number of aromatic amines is 1. The van der Waals surface area contributed by atoms with E-state index in [1.807, 2.05) is 0 Å². The quantitative estimate of drug-likeness (QED) is 0.0182. The van der Waals surface area contributed by atoms with Gasteiger partial charge >= 0.3 is 11.9 Å². The van der Waals surface area contributed by atoms with Crippen LogP contribution in [-0.2, 0) is 78.4 Å². The maximum atomic E-state index is 15.2. The Morgan fingerprint density at radius 1 is 0.511 bits per heavy atom. The number of carboxylic acid groups (broad SMARTS) is 2. The molecule has 0 saturated heterocycles. The summed E-state index contributed by atoms with van der Waals surface area (Å²) in [6.45, 7) is -0.145. The number of carboxylic acids is 2. The van der Waals surface area contributed by atoms with Crippen LogP contribution in [0.1, 0.15) is 140 Å². The van der Waals surface area contributed by atoms with Gasteiger partial charge in [-0.25, -0.2) is 14.6 Å². The van der Waals surface area contributed by atoms with Crippen molar-refractivity contribution in [3.05, 3.63) is 255 Å². The van der Waals surface area contributed by atoms with Gasteiger partial charge in [-0.15, -0.1) is 0 Å².